The number of amides is 1. The molecule has 1 aliphatic rings. The van der Waals surface area contributed by atoms with Crippen molar-refractivity contribution in [2.75, 3.05) is 25.6 Å². The van der Waals surface area contributed by atoms with E-state index in [4.69, 9.17) is 9.47 Å². The molecule has 140 valence electrons. The van der Waals surface area contributed by atoms with Crippen LogP contribution in [0.5, 0.6) is 11.5 Å². The molecule has 2 aromatic rings. The van der Waals surface area contributed by atoms with Gasteiger partial charge in [-0.2, -0.15) is 0 Å². The third-order valence-corrected chi connectivity index (χ3v) is 5.15. The van der Waals surface area contributed by atoms with E-state index in [1.54, 1.807) is 30.7 Å². The number of sulfonamides is 1. The van der Waals surface area contributed by atoms with Crippen LogP contribution in [0.25, 0.3) is 0 Å². The molecule has 0 aliphatic carbocycles. The summed E-state index contributed by atoms with van der Waals surface area (Å²) < 4.78 is 38.7. The largest absolute Gasteiger partial charge is 0.454 e. The Morgan fingerprint density at radius 1 is 1.23 bits per heavy atom. The summed E-state index contributed by atoms with van der Waals surface area (Å²) >= 11 is 0. The summed E-state index contributed by atoms with van der Waals surface area (Å²) in [4.78, 5) is 16.0. The van der Waals surface area contributed by atoms with E-state index in [9.17, 15) is 13.2 Å². The molecule has 0 fully saturated rings. The number of aromatic nitrogens is 2. The van der Waals surface area contributed by atoms with Crippen LogP contribution in [0.4, 0.5) is 0 Å². The Morgan fingerprint density at radius 3 is 2.88 bits per heavy atom. The SMILES string of the molecule is O=C(NCCS(=O)(=O)NCCCn1ccnc1)c1ccc2c(c1)OCO2. The lowest BCUT2D eigenvalue weighted by molar-refractivity contribution is 0.0955. The Kier molecular flexibility index (Phi) is 5.74. The van der Waals surface area contributed by atoms with Crippen LogP contribution in [-0.2, 0) is 16.6 Å². The van der Waals surface area contributed by atoms with Crippen LogP contribution < -0.4 is 19.5 Å². The van der Waals surface area contributed by atoms with Gasteiger partial charge in [0.25, 0.3) is 5.91 Å². The van der Waals surface area contributed by atoms with Crippen molar-refractivity contribution in [3.05, 3.63) is 42.5 Å². The van der Waals surface area contributed by atoms with Gasteiger partial charge in [0.1, 0.15) is 0 Å². The number of hydrogen-bond donors (Lipinski definition) is 2. The molecular formula is C16H20N4O5S. The minimum absolute atomic E-state index is 0.0180. The number of carbonyl (C=O) groups is 1. The zero-order valence-corrected chi connectivity index (χ0v) is 14.9. The molecule has 9 nitrogen and oxygen atoms in total. The quantitative estimate of drug-likeness (QED) is 0.607. The molecule has 0 saturated carbocycles. The summed E-state index contributed by atoms with van der Waals surface area (Å²) in [7, 11) is -3.44. The van der Waals surface area contributed by atoms with Gasteiger partial charge in [0, 0.05) is 37.6 Å². The fourth-order valence-electron chi connectivity index (χ4n) is 2.42. The maximum Gasteiger partial charge on any atom is 0.251 e. The van der Waals surface area contributed by atoms with Crippen molar-refractivity contribution >= 4 is 15.9 Å². The highest BCUT2D eigenvalue weighted by atomic mass is 32.2. The van der Waals surface area contributed by atoms with Gasteiger partial charge >= 0.3 is 0 Å². The van der Waals surface area contributed by atoms with Gasteiger partial charge in [-0.3, -0.25) is 4.79 Å². The van der Waals surface area contributed by atoms with Gasteiger partial charge in [-0.1, -0.05) is 0 Å². The number of carbonyl (C=O) groups excluding carboxylic acids is 1. The van der Waals surface area contributed by atoms with E-state index >= 15 is 0 Å². The van der Waals surface area contributed by atoms with Crippen molar-refractivity contribution < 1.29 is 22.7 Å². The molecule has 26 heavy (non-hydrogen) atoms. The third-order valence-electron chi connectivity index (χ3n) is 3.77. The van der Waals surface area contributed by atoms with Gasteiger partial charge in [-0.05, 0) is 24.6 Å². The van der Waals surface area contributed by atoms with Gasteiger partial charge in [-0.25, -0.2) is 18.1 Å². The number of aryl methyl sites for hydroxylation is 1. The lowest BCUT2D eigenvalue weighted by Gasteiger charge is -2.09. The lowest BCUT2D eigenvalue weighted by atomic mass is 10.2. The maximum absolute atomic E-state index is 12.1. The molecule has 1 aliphatic heterocycles. The number of benzene rings is 1. The van der Waals surface area contributed by atoms with Crippen molar-refractivity contribution in [3.8, 4) is 11.5 Å². The second kappa shape index (κ2) is 8.19. The number of fused-ring (bicyclic) bond motifs is 1. The predicted octanol–water partition coefficient (Wildman–Crippen LogP) is 0.351. The summed E-state index contributed by atoms with van der Waals surface area (Å²) in [6.45, 7) is 1.16. The van der Waals surface area contributed by atoms with Gasteiger partial charge in [-0.15, -0.1) is 0 Å². The first-order chi connectivity index (χ1) is 12.5. The zero-order valence-electron chi connectivity index (χ0n) is 14.1. The molecule has 2 heterocycles. The van der Waals surface area contributed by atoms with Crippen LogP contribution in [0.3, 0.4) is 0 Å². The van der Waals surface area contributed by atoms with E-state index in [0.717, 1.165) is 0 Å². The summed E-state index contributed by atoms with van der Waals surface area (Å²) in [5.74, 6) is 0.543. The molecule has 0 radical (unpaired) electrons. The second-order valence-electron chi connectivity index (χ2n) is 5.69. The number of rotatable bonds is 9. The van der Waals surface area contributed by atoms with Crippen molar-refractivity contribution in [3.63, 3.8) is 0 Å². The standard InChI is InChI=1S/C16H20N4O5S/c21-16(13-2-3-14-15(10-13)25-12-24-14)18-6-9-26(22,23)19-4-1-7-20-8-5-17-11-20/h2-3,5,8,10-11,19H,1,4,6-7,9,12H2,(H,18,21). The fourth-order valence-corrected chi connectivity index (χ4v) is 3.39. The Labute approximate surface area is 151 Å². The van der Waals surface area contributed by atoms with Gasteiger partial charge in [0.2, 0.25) is 16.8 Å². The normalized spacial score (nSPS) is 12.9. The molecule has 0 bridgehead atoms. The monoisotopic (exact) mass is 380 g/mol. The molecule has 1 aromatic heterocycles. The molecule has 1 aromatic carbocycles. The smallest absolute Gasteiger partial charge is 0.251 e. The van der Waals surface area contributed by atoms with Crippen LogP contribution in [0.15, 0.2) is 36.9 Å². The predicted molar refractivity (Wildman–Crippen MR) is 93.5 cm³/mol. The van der Waals surface area contributed by atoms with E-state index in [-0.39, 0.29) is 25.0 Å². The number of ether oxygens (including phenoxy) is 2. The molecule has 0 saturated heterocycles. The molecular weight excluding hydrogens is 360 g/mol. The average Bonchev–Trinajstić information content (AvgIpc) is 3.29. The molecule has 0 atom stereocenters. The maximum atomic E-state index is 12.1. The van der Waals surface area contributed by atoms with Crippen LogP contribution >= 0.6 is 0 Å². The number of nitrogens with one attached hydrogen (secondary N) is 2. The lowest BCUT2D eigenvalue weighted by Crippen LogP contribution is -2.35. The number of nitrogens with zero attached hydrogens (tertiary/aromatic N) is 2. The zero-order chi connectivity index (χ0) is 18.4. The Balaban J connectivity index is 1.38. The number of hydrogen-bond acceptors (Lipinski definition) is 6. The molecule has 2 N–H and O–H groups in total. The minimum Gasteiger partial charge on any atom is -0.454 e. The molecule has 1 amide bonds. The van der Waals surface area contributed by atoms with Crippen LogP contribution in [0.1, 0.15) is 16.8 Å². The molecule has 0 unspecified atom stereocenters. The van der Waals surface area contributed by atoms with Crippen LogP contribution in [0, 0.1) is 0 Å². The van der Waals surface area contributed by atoms with Crippen LogP contribution in [-0.4, -0.2) is 49.5 Å². The van der Waals surface area contributed by atoms with Crippen molar-refractivity contribution in [1.82, 2.24) is 19.6 Å². The first-order valence-corrected chi connectivity index (χ1v) is 9.80. The summed E-state index contributed by atoms with van der Waals surface area (Å²) in [5.41, 5.74) is 0.389. The first kappa shape index (κ1) is 18.2. The molecule has 3 rings (SSSR count). The van der Waals surface area contributed by atoms with Crippen molar-refractivity contribution in [2.24, 2.45) is 0 Å². The molecule has 10 heteroatoms. The summed E-state index contributed by atoms with van der Waals surface area (Å²) in [6.07, 6.45) is 5.83. The van der Waals surface area contributed by atoms with E-state index in [2.05, 4.69) is 15.0 Å². The van der Waals surface area contributed by atoms with Gasteiger partial charge in [0.05, 0.1) is 12.1 Å². The summed E-state index contributed by atoms with van der Waals surface area (Å²) in [5, 5.41) is 2.59. The van der Waals surface area contributed by atoms with Gasteiger partial charge < -0.3 is 19.4 Å². The minimum atomic E-state index is -3.44. The third kappa shape index (κ3) is 4.96. The van der Waals surface area contributed by atoms with E-state index in [1.807, 2.05) is 10.8 Å². The van der Waals surface area contributed by atoms with Gasteiger partial charge in [0.15, 0.2) is 11.5 Å². The first-order valence-electron chi connectivity index (χ1n) is 8.14. The topological polar surface area (TPSA) is 112 Å². The van der Waals surface area contributed by atoms with E-state index in [1.165, 1.54) is 0 Å². The average molecular weight is 380 g/mol. The Morgan fingerprint density at radius 2 is 2.08 bits per heavy atom. The van der Waals surface area contributed by atoms with Crippen LogP contribution in [0.2, 0.25) is 0 Å². The van der Waals surface area contributed by atoms with Crippen molar-refractivity contribution in [2.45, 2.75) is 13.0 Å². The fraction of sp³-hybridized carbons (Fsp3) is 0.375. The number of imidazole rings is 1. The van der Waals surface area contributed by atoms with E-state index in [0.29, 0.717) is 36.6 Å². The second-order valence-corrected chi connectivity index (χ2v) is 7.62. The highest BCUT2D eigenvalue weighted by Gasteiger charge is 2.16. The summed E-state index contributed by atoms with van der Waals surface area (Å²) in [6, 6.07) is 4.82. The van der Waals surface area contributed by atoms with E-state index < -0.39 is 10.0 Å². The molecule has 0 spiro atoms. The highest BCUT2D eigenvalue weighted by molar-refractivity contribution is 7.89. The Hall–Kier alpha value is -2.59. The highest BCUT2D eigenvalue weighted by Crippen LogP contribution is 2.32. The Bertz CT molecular complexity index is 852. The van der Waals surface area contributed by atoms with Crippen molar-refractivity contribution in [1.29, 1.82) is 0 Å².